The largest absolute Gasteiger partial charge is 0.313 e. The zero-order valence-corrected chi connectivity index (χ0v) is 12.1. The summed E-state index contributed by atoms with van der Waals surface area (Å²) in [5, 5.41) is 10.9. The van der Waals surface area contributed by atoms with E-state index >= 15 is 0 Å². The topological polar surface area (TPSA) is 76.3 Å². The van der Waals surface area contributed by atoms with Crippen LogP contribution in [0.3, 0.4) is 0 Å². The van der Waals surface area contributed by atoms with Gasteiger partial charge in [-0.1, -0.05) is 11.6 Å². The molecule has 1 amide bonds. The molecule has 1 aromatic rings. The number of anilines is 1. The lowest BCUT2D eigenvalue weighted by molar-refractivity contribution is -0.384. The number of pyridine rings is 1. The first-order valence-corrected chi connectivity index (χ1v) is 6.57. The van der Waals surface area contributed by atoms with Gasteiger partial charge in [-0.25, -0.2) is 4.98 Å². The lowest BCUT2D eigenvalue weighted by Gasteiger charge is -2.15. The summed E-state index contributed by atoms with van der Waals surface area (Å²) in [5.41, 5.74) is -0.262. The Morgan fingerprint density at radius 1 is 1.67 bits per heavy atom. The van der Waals surface area contributed by atoms with Crippen molar-refractivity contribution < 1.29 is 9.72 Å². The molecule has 2 rings (SSSR count). The van der Waals surface area contributed by atoms with E-state index in [0.29, 0.717) is 4.47 Å². The Bertz CT molecular complexity index is 542. The van der Waals surface area contributed by atoms with Crippen molar-refractivity contribution in [3.05, 3.63) is 25.8 Å². The summed E-state index contributed by atoms with van der Waals surface area (Å²) in [7, 11) is 0. The van der Waals surface area contributed by atoms with E-state index in [0.717, 1.165) is 0 Å². The van der Waals surface area contributed by atoms with E-state index < -0.39 is 4.92 Å². The summed E-state index contributed by atoms with van der Waals surface area (Å²) in [6, 6.07) is 1.24. The summed E-state index contributed by atoms with van der Waals surface area (Å²) in [5.74, 6) is -0.279. The number of nitro groups is 1. The summed E-state index contributed by atoms with van der Waals surface area (Å²) >= 11 is 13.1. The average Bonchev–Trinajstić information content (AvgIpc) is 2.61. The Morgan fingerprint density at radius 3 is 2.83 bits per heavy atom. The lowest BCUT2D eigenvalue weighted by Crippen LogP contribution is -2.26. The van der Waals surface area contributed by atoms with E-state index in [4.69, 9.17) is 11.6 Å². The number of aromatic nitrogens is 1. The SMILES string of the molecule is O=C1CC(S)CN1c1nc(Cl)c(Br)cc1[N+](=O)[O-]. The van der Waals surface area contributed by atoms with Crippen molar-refractivity contribution in [2.75, 3.05) is 11.4 Å². The van der Waals surface area contributed by atoms with Gasteiger partial charge in [-0.15, -0.1) is 0 Å². The maximum Gasteiger partial charge on any atom is 0.313 e. The first-order chi connectivity index (χ1) is 8.40. The first kappa shape index (κ1) is 13.6. The molecule has 9 heteroatoms. The molecule has 18 heavy (non-hydrogen) atoms. The quantitative estimate of drug-likeness (QED) is 0.384. The van der Waals surface area contributed by atoms with Gasteiger partial charge in [0.15, 0.2) is 0 Å². The number of hydrogen-bond donors (Lipinski definition) is 1. The minimum Gasteiger partial charge on any atom is -0.290 e. The Morgan fingerprint density at radius 2 is 2.33 bits per heavy atom. The third-order valence-electron chi connectivity index (χ3n) is 2.45. The van der Waals surface area contributed by atoms with Crippen LogP contribution in [-0.4, -0.2) is 27.6 Å². The van der Waals surface area contributed by atoms with E-state index in [-0.39, 0.29) is 40.8 Å². The number of nitrogens with zero attached hydrogens (tertiary/aromatic N) is 3. The highest BCUT2D eigenvalue weighted by atomic mass is 79.9. The minimum atomic E-state index is -0.595. The monoisotopic (exact) mass is 351 g/mol. The highest BCUT2D eigenvalue weighted by Gasteiger charge is 2.34. The smallest absolute Gasteiger partial charge is 0.290 e. The zero-order chi connectivity index (χ0) is 13.4. The third-order valence-corrected chi connectivity index (χ3v) is 3.92. The van der Waals surface area contributed by atoms with Gasteiger partial charge in [-0.3, -0.25) is 19.8 Å². The van der Waals surface area contributed by atoms with E-state index in [2.05, 4.69) is 33.5 Å². The molecule has 0 spiro atoms. The number of halogens is 2. The molecular weight excluding hydrogens is 346 g/mol. The third kappa shape index (κ3) is 2.45. The van der Waals surface area contributed by atoms with Crippen LogP contribution in [0.4, 0.5) is 11.5 Å². The van der Waals surface area contributed by atoms with Crippen molar-refractivity contribution in [3.8, 4) is 0 Å². The number of rotatable bonds is 2. The number of carbonyl (C=O) groups is 1. The van der Waals surface area contributed by atoms with Gasteiger partial charge < -0.3 is 0 Å². The predicted octanol–water partition coefficient (Wildman–Crippen LogP) is 2.44. The van der Waals surface area contributed by atoms with Crippen molar-refractivity contribution in [1.29, 1.82) is 0 Å². The molecule has 0 aromatic carbocycles. The fourth-order valence-electron chi connectivity index (χ4n) is 1.67. The van der Waals surface area contributed by atoms with Gasteiger partial charge in [0.1, 0.15) is 5.15 Å². The first-order valence-electron chi connectivity index (χ1n) is 4.89. The van der Waals surface area contributed by atoms with Gasteiger partial charge in [0.25, 0.3) is 0 Å². The summed E-state index contributed by atoms with van der Waals surface area (Å²) in [4.78, 5) is 27.2. The van der Waals surface area contributed by atoms with Crippen LogP contribution in [-0.2, 0) is 4.79 Å². The van der Waals surface area contributed by atoms with Crippen LogP contribution < -0.4 is 4.90 Å². The van der Waals surface area contributed by atoms with Crippen LogP contribution in [0, 0.1) is 10.1 Å². The maximum absolute atomic E-state index is 11.7. The Labute approximate surface area is 121 Å². The molecule has 1 aromatic heterocycles. The van der Waals surface area contributed by atoms with Crippen molar-refractivity contribution in [3.63, 3.8) is 0 Å². The van der Waals surface area contributed by atoms with Crippen LogP contribution in [0.25, 0.3) is 0 Å². The second kappa shape index (κ2) is 5.02. The summed E-state index contributed by atoms with van der Waals surface area (Å²) < 4.78 is 0.314. The molecule has 1 unspecified atom stereocenters. The zero-order valence-electron chi connectivity index (χ0n) is 8.84. The minimum absolute atomic E-state index is 0.0326. The molecule has 2 heterocycles. The average molecular weight is 353 g/mol. The molecule has 96 valence electrons. The molecule has 0 N–H and O–H groups in total. The Hall–Kier alpha value is -0.860. The van der Waals surface area contributed by atoms with Crippen LogP contribution in [0.2, 0.25) is 5.15 Å². The van der Waals surface area contributed by atoms with Crippen molar-refractivity contribution >= 4 is 57.6 Å². The second-order valence-corrected chi connectivity index (χ2v) is 5.67. The molecule has 1 saturated heterocycles. The Kier molecular flexibility index (Phi) is 3.79. The van der Waals surface area contributed by atoms with E-state index in [1.54, 1.807) is 0 Å². The van der Waals surface area contributed by atoms with Gasteiger partial charge in [-0.05, 0) is 15.9 Å². The highest BCUT2D eigenvalue weighted by molar-refractivity contribution is 9.10. The molecule has 0 radical (unpaired) electrons. The fraction of sp³-hybridized carbons (Fsp3) is 0.333. The van der Waals surface area contributed by atoms with Crippen molar-refractivity contribution in [2.45, 2.75) is 11.7 Å². The summed E-state index contributed by atoms with van der Waals surface area (Å²) in [6.45, 7) is 0.285. The van der Waals surface area contributed by atoms with Crippen LogP contribution in [0.15, 0.2) is 10.5 Å². The number of thiol groups is 1. The highest BCUT2D eigenvalue weighted by Crippen LogP contribution is 2.35. The molecular formula is C9H7BrClN3O3S. The molecule has 1 fully saturated rings. The van der Waals surface area contributed by atoms with Gasteiger partial charge in [-0.2, -0.15) is 12.6 Å². The fourth-order valence-corrected chi connectivity index (χ4v) is 2.43. The van der Waals surface area contributed by atoms with Gasteiger partial charge >= 0.3 is 5.69 Å². The maximum atomic E-state index is 11.7. The number of amides is 1. The molecule has 1 aliphatic heterocycles. The number of carbonyl (C=O) groups excluding carboxylic acids is 1. The van der Waals surface area contributed by atoms with E-state index in [1.807, 2.05) is 0 Å². The van der Waals surface area contributed by atoms with E-state index in [9.17, 15) is 14.9 Å². The molecule has 1 atom stereocenters. The van der Waals surface area contributed by atoms with Gasteiger partial charge in [0.2, 0.25) is 11.7 Å². The second-order valence-electron chi connectivity index (χ2n) is 3.72. The Balaban J connectivity index is 2.52. The van der Waals surface area contributed by atoms with Crippen molar-refractivity contribution in [2.24, 2.45) is 0 Å². The molecule has 0 saturated carbocycles. The van der Waals surface area contributed by atoms with Crippen LogP contribution in [0.1, 0.15) is 6.42 Å². The van der Waals surface area contributed by atoms with Gasteiger partial charge in [0, 0.05) is 24.3 Å². The van der Waals surface area contributed by atoms with Crippen LogP contribution in [0.5, 0.6) is 0 Å². The molecule has 0 aliphatic carbocycles. The van der Waals surface area contributed by atoms with Gasteiger partial charge in [0.05, 0.1) is 9.40 Å². The van der Waals surface area contributed by atoms with Crippen molar-refractivity contribution in [1.82, 2.24) is 4.98 Å². The summed E-state index contributed by atoms with van der Waals surface area (Å²) in [6.07, 6.45) is 0.232. The standard InChI is InChI=1S/C9H7BrClN3O3S/c10-5-2-6(14(16)17)9(12-8(5)11)13-3-4(18)1-7(13)15/h2,4,18H,1,3H2. The normalized spacial score (nSPS) is 19.4. The van der Waals surface area contributed by atoms with E-state index in [1.165, 1.54) is 11.0 Å². The lowest BCUT2D eigenvalue weighted by atomic mass is 10.3. The molecule has 0 bridgehead atoms. The number of hydrogen-bond acceptors (Lipinski definition) is 5. The predicted molar refractivity (Wildman–Crippen MR) is 73.3 cm³/mol. The molecule has 6 nitrogen and oxygen atoms in total. The van der Waals surface area contributed by atoms with Crippen LogP contribution >= 0.6 is 40.2 Å². The molecule has 1 aliphatic rings.